The van der Waals surface area contributed by atoms with Gasteiger partial charge in [-0.1, -0.05) is 53.5 Å². The first-order valence-electron chi connectivity index (χ1n) is 8.13. The summed E-state index contributed by atoms with van der Waals surface area (Å²) in [6, 6.07) is 14.2. The molecule has 0 bridgehead atoms. The summed E-state index contributed by atoms with van der Waals surface area (Å²) in [5, 5.41) is 4.62. The second-order valence-corrected chi connectivity index (χ2v) is 8.79. The van der Waals surface area contributed by atoms with E-state index in [9.17, 15) is 13.2 Å². The highest BCUT2D eigenvalue weighted by atomic mass is 35.5. The maximum Gasteiger partial charge on any atom is 0.265 e. The molecule has 0 radical (unpaired) electrons. The molecular formula is C19H14Cl2N2O3S. The standard InChI is InChI=1S/C19H14Cl2N2O3S/c1-11(19(24)22-18-13(20)7-4-8-14(18)21)23-15-9-2-5-12-6-3-10-16(17(12)15)27(23,25)26/h2-11H,1H3,(H,22,24)/t11-/m0/s1. The average Bonchev–Trinajstić information content (AvgIpc) is 2.87. The molecule has 0 spiro atoms. The van der Waals surface area contributed by atoms with Gasteiger partial charge in [-0.15, -0.1) is 0 Å². The Morgan fingerprint density at radius 2 is 1.59 bits per heavy atom. The van der Waals surface area contributed by atoms with Crippen LogP contribution in [0.4, 0.5) is 11.4 Å². The predicted molar refractivity (Wildman–Crippen MR) is 108 cm³/mol. The maximum absolute atomic E-state index is 13.1. The molecule has 0 fully saturated rings. The molecule has 1 atom stereocenters. The lowest BCUT2D eigenvalue weighted by atomic mass is 10.1. The summed E-state index contributed by atoms with van der Waals surface area (Å²) in [6.45, 7) is 1.53. The Balaban J connectivity index is 1.76. The summed E-state index contributed by atoms with van der Waals surface area (Å²) in [5.41, 5.74) is 0.737. The average molecular weight is 421 g/mol. The number of rotatable bonds is 3. The molecule has 4 rings (SSSR count). The Bertz CT molecular complexity index is 1170. The first-order chi connectivity index (χ1) is 12.8. The van der Waals surface area contributed by atoms with Crippen molar-refractivity contribution < 1.29 is 13.2 Å². The fourth-order valence-electron chi connectivity index (χ4n) is 3.29. The van der Waals surface area contributed by atoms with E-state index >= 15 is 0 Å². The molecule has 1 aliphatic rings. The van der Waals surface area contributed by atoms with Crippen LogP contribution in [0.15, 0.2) is 59.5 Å². The van der Waals surface area contributed by atoms with Crippen LogP contribution < -0.4 is 9.62 Å². The molecule has 1 N–H and O–H groups in total. The van der Waals surface area contributed by atoms with E-state index in [1.54, 1.807) is 42.5 Å². The van der Waals surface area contributed by atoms with Crippen molar-refractivity contribution in [3.8, 4) is 0 Å². The van der Waals surface area contributed by atoms with Crippen molar-refractivity contribution in [2.45, 2.75) is 17.9 Å². The number of sulfonamides is 1. The Morgan fingerprint density at radius 3 is 2.26 bits per heavy atom. The topological polar surface area (TPSA) is 66.5 Å². The van der Waals surface area contributed by atoms with Crippen LogP contribution in [0.1, 0.15) is 6.92 Å². The molecule has 5 nitrogen and oxygen atoms in total. The number of carbonyl (C=O) groups is 1. The van der Waals surface area contributed by atoms with E-state index in [0.29, 0.717) is 11.1 Å². The second kappa shape index (κ2) is 6.41. The highest BCUT2D eigenvalue weighted by molar-refractivity contribution is 7.93. The summed E-state index contributed by atoms with van der Waals surface area (Å²) in [5.74, 6) is -0.529. The molecule has 3 aromatic rings. The van der Waals surface area contributed by atoms with Crippen LogP contribution in [0.2, 0.25) is 10.0 Å². The third-order valence-electron chi connectivity index (χ3n) is 4.56. The molecule has 1 heterocycles. The summed E-state index contributed by atoms with van der Waals surface area (Å²) < 4.78 is 27.3. The summed E-state index contributed by atoms with van der Waals surface area (Å²) in [6.07, 6.45) is 0. The monoisotopic (exact) mass is 420 g/mol. The van der Waals surface area contributed by atoms with E-state index < -0.39 is 22.0 Å². The van der Waals surface area contributed by atoms with Gasteiger partial charge in [0.15, 0.2) is 0 Å². The zero-order valence-corrected chi connectivity index (χ0v) is 16.4. The first kappa shape index (κ1) is 18.1. The van der Waals surface area contributed by atoms with Crippen molar-refractivity contribution in [1.29, 1.82) is 0 Å². The molecule has 0 saturated heterocycles. The van der Waals surface area contributed by atoms with E-state index in [2.05, 4.69) is 5.32 Å². The molecule has 27 heavy (non-hydrogen) atoms. The smallest absolute Gasteiger partial charge is 0.265 e. The van der Waals surface area contributed by atoms with Gasteiger partial charge in [0.2, 0.25) is 5.91 Å². The predicted octanol–water partition coefficient (Wildman–Crippen LogP) is 4.68. The highest BCUT2D eigenvalue weighted by Gasteiger charge is 2.41. The van der Waals surface area contributed by atoms with Crippen LogP contribution >= 0.6 is 23.2 Å². The fourth-order valence-corrected chi connectivity index (χ4v) is 5.65. The van der Waals surface area contributed by atoms with Crippen LogP contribution in [0, 0.1) is 0 Å². The largest absolute Gasteiger partial charge is 0.322 e. The first-order valence-corrected chi connectivity index (χ1v) is 10.3. The minimum atomic E-state index is -3.85. The van der Waals surface area contributed by atoms with Gasteiger partial charge in [0, 0.05) is 5.39 Å². The van der Waals surface area contributed by atoms with Crippen molar-refractivity contribution in [3.63, 3.8) is 0 Å². The third-order valence-corrected chi connectivity index (χ3v) is 7.12. The fraction of sp³-hybridized carbons (Fsp3) is 0.105. The van der Waals surface area contributed by atoms with E-state index in [0.717, 1.165) is 9.69 Å². The van der Waals surface area contributed by atoms with Gasteiger partial charge in [-0.2, -0.15) is 0 Å². The van der Waals surface area contributed by atoms with Gasteiger partial charge in [-0.3, -0.25) is 9.10 Å². The molecule has 8 heteroatoms. The third kappa shape index (κ3) is 2.76. The number of hydrogen-bond donors (Lipinski definition) is 1. The molecule has 0 unspecified atom stereocenters. The number of halogens is 2. The van der Waals surface area contributed by atoms with E-state index in [1.165, 1.54) is 6.92 Å². The van der Waals surface area contributed by atoms with Crippen molar-refractivity contribution >= 4 is 61.3 Å². The lowest BCUT2D eigenvalue weighted by Gasteiger charge is -2.25. The van der Waals surface area contributed by atoms with E-state index in [4.69, 9.17) is 23.2 Å². The summed E-state index contributed by atoms with van der Waals surface area (Å²) in [4.78, 5) is 13.0. The van der Waals surface area contributed by atoms with Crippen LogP contribution in [0.3, 0.4) is 0 Å². The van der Waals surface area contributed by atoms with E-state index in [-0.39, 0.29) is 20.6 Å². The number of anilines is 2. The zero-order valence-electron chi connectivity index (χ0n) is 14.1. The molecule has 1 aliphatic heterocycles. The maximum atomic E-state index is 13.1. The van der Waals surface area contributed by atoms with Crippen molar-refractivity contribution in [1.82, 2.24) is 0 Å². The number of carbonyl (C=O) groups excluding carboxylic acids is 1. The second-order valence-electron chi connectivity index (χ2n) is 6.19. The summed E-state index contributed by atoms with van der Waals surface area (Å²) >= 11 is 12.2. The Kier molecular flexibility index (Phi) is 4.29. The molecule has 3 aromatic carbocycles. The number of nitrogens with one attached hydrogen (secondary N) is 1. The van der Waals surface area contributed by atoms with Gasteiger partial charge >= 0.3 is 0 Å². The normalized spacial score (nSPS) is 15.7. The zero-order chi connectivity index (χ0) is 19.3. The molecule has 138 valence electrons. The minimum absolute atomic E-state index is 0.200. The van der Waals surface area contributed by atoms with Gasteiger partial charge in [-0.05, 0) is 36.6 Å². The lowest BCUT2D eigenvalue weighted by Crippen LogP contribution is -2.44. The number of nitrogens with zero attached hydrogens (tertiary/aromatic N) is 1. The Hall–Kier alpha value is -2.28. The SMILES string of the molecule is C[C@@H](C(=O)Nc1c(Cl)cccc1Cl)N1c2cccc3cccc(c23)S1(=O)=O. The lowest BCUT2D eigenvalue weighted by molar-refractivity contribution is -0.116. The van der Waals surface area contributed by atoms with Crippen molar-refractivity contribution in [2.24, 2.45) is 0 Å². The van der Waals surface area contributed by atoms with Gasteiger partial charge in [-0.25, -0.2) is 8.42 Å². The van der Waals surface area contributed by atoms with Crippen LogP contribution in [-0.2, 0) is 14.8 Å². The molecule has 0 aromatic heterocycles. The summed E-state index contributed by atoms with van der Waals surface area (Å²) in [7, 11) is -3.85. The molecule has 0 saturated carbocycles. The Morgan fingerprint density at radius 1 is 1.00 bits per heavy atom. The highest BCUT2D eigenvalue weighted by Crippen LogP contribution is 2.43. The van der Waals surface area contributed by atoms with Crippen molar-refractivity contribution in [2.75, 3.05) is 9.62 Å². The Labute approximate surface area is 166 Å². The quantitative estimate of drug-likeness (QED) is 0.668. The van der Waals surface area contributed by atoms with E-state index in [1.807, 2.05) is 12.1 Å². The van der Waals surface area contributed by atoms with Gasteiger partial charge in [0.1, 0.15) is 6.04 Å². The van der Waals surface area contributed by atoms with Gasteiger partial charge < -0.3 is 5.32 Å². The molecule has 1 amide bonds. The van der Waals surface area contributed by atoms with Crippen LogP contribution in [0.5, 0.6) is 0 Å². The van der Waals surface area contributed by atoms with Gasteiger partial charge in [0.05, 0.1) is 26.3 Å². The minimum Gasteiger partial charge on any atom is -0.322 e. The number of hydrogen-bond acceptors (Lipinski definition) is 3. The van der Waals surface area contributed by atoms with Crippen molar-refractivity contribution in [3.05, 3.63) is 64.6 Å². The molecule has 0 aliphatic carbocycles. The number of para-hydroxylation sites is 1. The van der Waals surface area contributed by atoms with Crippen LogP contribution in [-0.4, -0.2) is 20.4 Å². The number of benzene rings is 3. The van der Waals surface area contributed by atoms with Crippen LogP contribution in [0.25, 0.3) is 10.8 Å². The van der Waals surface area contributed by atoms with Gasteiger partial charge in [0.25, 0.3) is 10.0 Å². The number of amides is 1. The molecular weight excluding hydrogens is 407 g/mol.